The van der Waals surface area contributed by atoms with Gasteiger partial charge in [-0.05, 0) is 45.6 Å². The molecular weight excluding hydrogens is 343 g/mol. The quantitative estimate of drug-likeness (QED) is 0.734. The van der Waals surface area contributed by atoms with Crippen LogP contribution in [-0.4, -0.2) is 17.0 Å². The topological polar surface area (TPSA) is 49.8 Å². The van der Waals surface area contributed by atoms with Crippen molar-refractivity contribution in [3.8, 4) is 0 Å². The van der Waals surface area contributed by atoms with Crippen LogP contribution in [0.5, 0.6) is 0 Å². The van der Waals surface area contributed by atoms with E-state index < -0.39 is 0 Å². The minimum Gasteiger partial charge on any atom is -0.357 e. The number of rotatable bonds is 3. The van der Waals surface area contributed by atoms with Gasteiger partial charge in [0.25, 0.3) is 0 Å². The lowest BCUT2D eigenvalue weighted by Crippen LogP contribution is -2.01. The first-order chi connectivity index (χ1) is 9.67. The van der Waals surface area contributed by atoms with Gasteiger partial charge >= 0.3 is 0 Å². The maximum absolute atomic E-state index is 13.3. The number of thiophene rings is 1. The summed E-state index contributed by atoms with van der Waals surface area (Å²) in [6, 6.07) is 6.70. The third kappa shape index (κ3) is 2.46. The number of nitrogens with one attached hydrogen (secondary N) is 2. The van der Waals surface area contributed by atoms with Gasteiger partial charge in [0.15, 0.2) is 0 Å². The fraction of sp³-hybridized carbons (Fsp3) is 0.0769. The highest BCUT2D eigenvalue weighted by Gasteiger charge is 2.09. The smallest absolute Gasteiger partial charge is 0.225 e. The van der Waals surface area contributed by atoms with Crippen molar-refractivity contribution in [3.05, 3.63) is 39.9 Å². The largest absolute Gasteiger partial charge is 0.357 e. The Hall–Kier alpha value is -1.73. The molecule has 4 nitrogen and oxygen atoms in total. The third-order valence-electron chi connectivity index (χ3n) is 2.73. The Bertz CT molecular complexity index is 774. The second-order valence-electron chi connectivity index (χ2n) is 4.04. The Kier molecular flexibility index (Phi) is 3.54. The number of aromatic nitrogens is 2. The summed E-state index contributed by atoms with van der Waals surface area (Å²) in [5.74, 6) is 0.942. The molecule has 0 aliphatic heterocycles. The normalized spacial score (nSPS) is 10.8. The molecule has 0 aliphatic carbocycles. The van der Waals surface area contributed by atoms with Crippen LogP contribution in [0.25, 0.3) is 10.2 Å². The van der Waals surface area contributed by atoms with Crippen molar-refractivity contribution in [2.75, 3.05) is 17.7 Å². The molecule has 0 aliphatic rings. The second kappa shape index (κ2) is 5.34. The van der Waals surface area contributed by atoms with Gasteiger partial charge < -0.3 is 10.6 Å². The predicted octanol–water partition coefficient (Wildman–Crippen LogP) is 4.38. The van der Waals surface area contributed by atoms with Gasteiger partial charge in [-0.15, -0.1) is 11.3 Å². The monoisotopic (exact) mass is 352 g/mol. The van der Waals surface area contributed by atoms with Crippen molar-refractivity contribution in [1.82, 2.24) is 9.97 Å². The van der Waals surface area contributed by atoms with E-state index in [4.69, 9.17) is 0 Å². The standard InChI is InChI=1S/C13H10BrFN4S/c1-16-13-18-11(8-4-5-20-12(8)19-13)17-7-2-3-10(15)9(14)6-7/h2-6H,1H3,(H2,16,17,18,19). The highest BCUT2D eigenvalue weighted by molar-refractivity contribution is 9.10. The summed E-state index contributed by atoms with van der Waals surface area (Å²) in [5.41, 5.74) is 0.756. The first kappa shape index (κ1) is 13.3. The van der Waals surface area contributed by atoms with Crippen molar-refractivity contribution < 1.29 is 4.39 Å². The number of hydrogen-bond acceptors (Lipinski definition) is 5. The lowest BCUT2D eigenvalue weighted by atomic mass is 10.3. The molecule has 3 rings (SSSR count). The van der Waals surface area contributed by atoms with Crippen LogP contribution in [-0.2, 0) is 0 Å². The average molecular weight is 353 g/mol. The van der Waals surface area contributed by atoms with Crippen LogP contribution < -0.4 is 10.6 Å². The van der Waals surface area contributed by atoms with Crippen molar-refractivity contribution in [2.24, 2.45) is 0 Å². The van der Waals surface area contributed by atoms with E-state index in [0.29, 0.717) is 16.2 Å². The van der Waals surface area contributed by atoms with Crippen molar-refractivity contribution in [3.63, 3.8) is 0 Å². The number of halogens is 2. The van der Waals surface area contributed by atoms with Crippen molar-refractivity contribution in [2.45, 2.75) is 0 Å². The molecule has 0 atom stereocenters. The summed E-state index contributed by atoms with van der Waals surface area (Å²) in [7, 11) is 1.77. The molecule has 3 aromatic rings. The number of hydrogen-bond donors (Lipinski definition) is 2. The van der Waals surface area contributed by atoms with Crippen LogP contribution >= 0.6 is 27.3 Å². The molecule has 0 amide bonds. The predicted molar refractivity (Wildman–Crippen MR) is 84.3 cm³/mol. The van der Waals surface area contributed by atoms with Gasteiger partial charge in [-0.1, -0.05) is 0 Å². The van der Waals surface area contributed by atoms with E-state index >= 15 is 0 Å². The van der Waals surface area contributed by atoms with Crippen molar-refractivity contribution in [1.29, 1.82) is 0 Å². The molecule has 7 heteroatoms. The number of nitrogens with zero attached hydrogens (tertiary/aromatic N) is 2. The zero-order valence-electron chi connectivity index (χ0n) is 10.4. The Morgan fingerprint density at radius 2 is 2.10 bits per heavy atom. The summed E-state index contributed by atoms with van der Waals surface area (Å²) < 4.78 is 13.7. The SMILES string of the molecule is CNc1nc(Nc2ccc(F)c(Br)c2)c2ccsc2n1. The van der Waals surface area contributed by atoms with Gasteiger partial charge in [0.2, 0.25) is 5.95 Å². The lowest BCUT2D eigenvalue weighted by molar-refractivity contribution is 0.621. The molecule has 2 heterocycles. The molecule has 0 fully saturated rings. The summed E-state index contributed by atoms with van der Waals surface area (Å²) in [6.45, 7) is 0. The summed E-state index contributed by atoms with van der Waals surface area (Å²) in [6.07, 6.45) is 0. The Morgan fingerprint density at radius 1 is 1.25 bits per heavy atom. The molecule has 0 radical (unpaired) electrons. The first-order valence-electron chi connectivity index (χ1n) is 5.82. The van der Waals surface area contributed by atoms with Crippen LogP contribution in [0.3, 0.4) is 0 Å². The van der Waals surface area contributed by atoms with Gasteiger partial charge in [0.05, 0.1) is 9.86 Å². The number of anilines is 3. The molecule has 102 valence electrons. The van der Waals surface area contributed by atoms with Crippen LogP contribution in [0.2, 0.25) is 0 Å². The maximum Gasteiger partial charge on any atom is 0.225 e. The van der Waals surface area contributed by atoms with Crippen LogP contribution in [0.15, 0.2) is 34.1 Å². The molecular formula is C13H10BrFN4S. The summed E-state index contributed by atoms with van der Waals surface area (Å²) in [5, 5.41) is 9.03. The fourth-order valence-corrected chi connectivity index (χ4v) is 2.92. The molecule has 20 heavy (non-hydrogen) atoms. The van der Waals surface area contributed by atoms with Crippen molar-refractivity contribution >= 4 is 54.9 Å². The number of benzene rings is 1. The van der Waals surface area contributed by atoms with E-state index in [1.807, 2.05) is 11.4 Å². The van der Waals surface area contributed by atoms with Gasteiger partial charge in [-0.25, -0.2) is 9.37 Å². The molecule has 2 aromatic heterocycles. The first-order valence-corrected chi connectivity index (χ1v) is 7.49. The minimum absolute atomic E-state index is 0.296. The average Bonchev–Trinajstić information content (AvgIpc) is 2.91. The lowest BCUT2D eigenvalue weighted by Gasteiger charge is -2.09. The van der Waals surface area contributed by atoms with E-state index in [0.717, 1.165) is 15.9 Å². The minimum atomic E-state index is -0.296. The van der Waals surface area contributed by atoms with E-state index in [1.54, 1.807) is 30.5 Å². The highest BCUT2D eigenvalue weighted by atomic mass is 79.9. The number of fused-ring (bicyclic) bond motifs is 1. The molecule has 0 bridgehead atoms. The maximum atomic E-state index is 13.3. The molecule has 0 spiro atoms. The van der Waals surface area contributed by atoms with Crippen LogP contribution in [0.1, 0.15) is 0 Å². The molecule has 0 unspecified atom stereocenters. The van der Waals surface area contributed by atoms with E-state index in [2.05, 4.69) is 36.5 Å². The van der Waals surface area contributed by atoms with Gasteiger partial charge in [-0.3, -0.25) is 0 Å². The molecule has 0 saturated heterocycles. The Labute approximate surface area is 127 Å². The summed E-state index contributed by atoms with van der Waals surface area (Å²) >= 11 is 4.72. The molecule has 2 N–H and O–H groups in total. The Morgan fingerprint density at radius 3 is 2.85 bits per heavy atom. The Balaban J connectivity index is 2.04. The second-order valence-corrected chi connectivity index (χ2v) is 5.79. The fourth-order valence-electron chi connectivity index (χ4n) is 1.77. The molecule has 1 aromatic carbocycles. The van der Waals surface area contributed by atoms with Gasteiger partial charge in [0, 0.05) is 12.7 Å². The van der Waals surface area contributed by atoms with E-state index in [1.165, 1.54) is 6.07 Å². The van der Waals surface area contributed by atoms with E-state index in [-0.39, 0.29) is 5.82 Å². The highest BCUT2D eigenvalue weighted by Crippen LogP contribution is 2.29. The molecule has 0 saturated carbocycles. The zero-order chi connectivity index (χ0) is 14.1. The van der Waals surface area contributed by atoms with Crippen LogP contribution in [0, 0.1) is 5.82 Å². The third-order valence-corrected chi connectivity index (χ3v) is 4.15. The van der Waals surface area contributed by atoms with Gasteiger partial charge in [0.1, 0.15) is 16.5 Å². The van der Waals surface area contributed by atoms with Crippen LogP contribution in [0.4, 0.5) is 21.8 Å². The van der Waals surface area contributed by atoms with Gasteiger partial charge in [-0.2, -0.15) is 4.98 Å². The zero-order valence-corrected chi connectivity index (χ0v) is 12.8. The summed E-state index contributed by atoms with van der Waals surface area (Å²) in [4.78, 5) is 9.67. The van der Waals surface area contributed by atoms with E-state index in [9.17, 15) is 4.39 Å².